The third-order valence-electron chi connectivity index (χ3n) is 2.63. The van der Waals surface area contributed by atoms with Gasteiger partial charge >= 0.3 is 10.3 Å². The van der Waals surface area contributed by atoms with Crippen LogP contribution in [0.25, 0.3) is 0 Å². The van der Waals surface area contributed by atoms with Crippen LogP contribution >= 0.6 is 0 Å². The van der Waals surface area contributed by atoms with Crippen molar-refractivity contribution in [3.8, 4) is 5.75 Å². The van der Waals surface area contributed by atoms with Gasteiger partial charge in [-0.3, -0.25) is 5.21 Å². The van der Waals surface area contributed by atoms with Gasteiger partial charge in [0.25, 0.3) is 0 Å². The van der Waals surface area contributed by atoms with Crippen LogP contribution in [0.15, 0.2) is 24.3 Å². The molecule has 1 fully saturated rings. The largest absolute Gasteiger partial charge is 0.733 e. The van der Waals surface area contributed by atoms with E-state index < -0.39 is 15.8 Å². The zero-order valence-corrected chi connectivity index (χ0v) is 10.5. The SMILES string of the molecule is CC1(NS(=O)(=O)Oc2ccc(N([O-])O)cc2)CC1. The molecule has 1 aromatic rings. The smallest absolute Gasteiger partial charge is 0.383 e. The van der Waals surface area contributed by atoms with Crippen LogP contribution < -0.4 is 14.1 Å². The molecule has 2 rings (SSSR count). The summed E-state index contributed by atoms with van der Waals surface area (Å²) < 4.78 is 30.5. The van der Waals surface area contributed by atoms with Crippen LogP contribution in [0.3, 0.4) is 0 Å². The second kappa shape index (κ2) is 4.39. The van der Waals surface area contributed by atoms with Crippen molar-refractivity contribution in [2.24, 2.45) is 0 Å². The van der Waals surface area contributed by atoms with Crippen molar-refractivity contribution in [3.63, 3.8) is 0 Å². The minimum absolute atomic E-state index is 0.0122. The first-order chi connectivity index (χ1) is 8.30. The molecule has 18 heavy (non-hydrogen) atoms. The summed E-state index contributed by atoms with van der Waals surface area (Å²) in [6.07, 6.45) is 1.56. The number of rotatable bonds is 5. The molecule has 1 aromatic carbocycles. The van der Waals surface area contributed by atoms with Crippen molar-refractivity contribution in [2.45, 2.75) is 25.3 Å². The summed E-state index contributed by atoms with van der Waals surface area (Å²) in [6, 6.07) is 5.06. The van der Waals surface area contributed by atoms with Crippen LogP contribution in [0.5, 0.6) is 5.75 Å². The molecule has 100 valence electrons. The maximum Gasteiger partial charge on any atom is 0.383 e. The Morgan fingerprint density at radius 2 is 1.94 bits per heavy atom. The molecule has 8 heteroatoms. The third-order valence-corrected chi connectivity index (χ3v) is 3.79. The fourth-order valence-electron chi connectivity index (χ4n) is 1.37. The predicted octanol–water partition coefficient (Wildman–Crippen LogP) is 1.15. The zero-order chi connectivity index (χ0) is 13.4. The van der Waals surface area contributed by atoms with E-state index in [0.29, 0.717) is 0 Å². The van der Waals surface area contributed by atoms with Crippen LogP contribution in [0.2, 0.25) is 0 Å². The maximum atomic E-state index is 11.6. The fraction of sp³-hybridized carbons (Fsp3) is 0.400. The number of benzene rings is 1. The number of hydrogen-bond donors (Lipinski definition) is 2. The number of nitrogens with one attached hydrogen (secondary N) is 1. The monoisotopic (exact) mass is 273 g/mol. The lowest BCUT2D eigenvalue weighted by molar-refractivity contribution is 0.296. The molecule has 0 aliphatic heterocycles. The summed E-state index contributed by atoms with van der Waals surface area (Å²) in [5.41, 5.74) is -0.419. The third kappa shape index (κ3) is 3.33. The lowest BCUT2D eigenvalue weighted by atomic mass is 10.3. The van der Waals surface area contributed by atoms with E-state index >= 15 is 0 Å². The summed E-state index contributed by atoms with van der Waals surface area (Å²) in [5, 5.41) is 18.8. The molecular weight excluding hydrogens is 260 g/mol. The summed E-state index contributed by atoms with van der Waals surface area (Å²) >= 11 is 0. The van der Waals surface area contributed by atoms with E-state index in [0.717, 1.165) is 12.8 Å². The van der Waals surface area contributed by atoms with Gasteiger partial charge in [0, 0.05) is 5.54 Å². The zero-order valence-electron chi connectivity index (χ0n) is 9.66. The van der Waals surface area contributed by atoms with Gasteiger partial charge in [0.2, 0.25) is 0 Å². The standard InChI is InChI=1S/C10H13N2O5S/c1-10(6-7-10)11-18(15,16)17-9-4-2-8(3-5-9)12(13)14/h2-5,11,13H,6-7H2,1H3/q-1. The van der Waals surface area contributed by atoms with Crippen LogP contribution in [-0.4, -0.2) is 19.2 Å². The van der Waals surface area contributed by atoms with Gasteiger partial charge in [0.1, 0.15) is 5.75 Å². The summed E-state index contributed by atoms with van der Waals surface area (Å²) in [7, 11) is -3.87. The van der Waals surface area contributed by atoms with Gasteiger partial charge in [0.15, 0.2) is 0 Å². The number of anilines is 1. The topological polar surface area (TPSA) is 102 Å². The number of hydrogen-bond acceptors (Lipinski definition) is 6. The van der Waals surface area contributed by atoms with E-state index in [1.54, 1.807) is 6.92 Å². The van der Waals surface area contributed by atoms with Gasteiger partial charge in [-0.05, 0) is 44.0 Å². The van der Waals surface area contributed by atoms with Gasteiger partial charge in [-0.2, -0.15) is 13.1 Å². The molecule has 0 unspecified atom stereocenters. The second-order valence-corrected chi connectivity index (χ2v) is 5.75. The van der Waals surface area contributed by atoms with Gasteiger partial charge in [0.05, 0.1) is 5.69 Å². The Balaban J connectivity index is 2.04. The highest BCUT2D eigenvalue weighted by Crippen LogP contribution is 2.35. The Morgan fingerprint density at radius 3 is 2.39 bits per heavy atom. The summed E-state index contributed by atoms with van der Waals surface area (Å²) in [4.78, 5) is 0. The Bertz CT molecular complexity index is 522. The van der Waals surface area contributed by atoms with Crippen LogP contribution in [0, 0.1) is 5.21 Å². The molecule has 2 N–H and O–H groups in total. The van der Waals surface area contributed by atoms with Crippen molar-refractivity contribution < 1.29 is 17.8 Å². The van der Waals surface area contributed by atoms with Gasteiger partial charge < -0.3 is 14.6 Å². The van der Waals surface area contributed by atoms with Crippen molar-refractivity contribution in [1.82, 2.24) is 4.72 Å². The Labute approximate surface area is 105 Å². The van der Waals surface area contributed by atoms with E-state index in [4.69, 9.17) is 9.39 Å². The fourth-order valence-corrected chi connectivity index (χ4v) is 2.58. The Morgan fingerprint density at radius 1 is 1.39 bits per heavy atom. The first kappa shape index (κ1) is 13.1. The highest BCUT2D eigenvalue weighted by molar-refractivity contribution is 7.85. The lowest BCUT2D eigenvalue weighted by Crippen LogP contribution is -2.37. The average molecular weight is 273 g/mol. The molecule has 1 aliphatic rings. The van der Waals surface area contributed by atoms with Crippen LogP contribution in [0.4, 0.5) is 5.69 Å². The molecule has 0 bridgehead atoms. The Kier molecular flexibility index (Phi) is 3.20. The summed E-state index contributed by atoms with van der Waals surface area (Å²) in [6.45, 7) is 1.79. The quantitative estimate of drug-likeness (QED) is 0.780. The van der Waals surface area contributed by atoms with E-state index in [-0.39, 0.29) is 16.7 Å². The molecular formula is C10H13N2O5S-. The number of nitrogens with zero attached hydrogens (tertiary/aromatic N) is 1. The normalized spacial score (nSPS) is 17.3. The van der Waals surface area contributed by atoms with Gasteiger partial charge in [-0.25, -0.2) is 0 Å². The van der Waals surface area contributed by atoms with Crippen LogP contribution in [-0.2, 0) is 10.3 Å². The summed E-state index contributed by atoms with van der Waals surface area (Å²) in [5.74, 6) is 0.0670. The maximum absolute atomic E-state index is 11.6. The van der Waals surface area contributed by atoms with Gasteiger partial charge in [-0.1, -0.05) is 0 Å². The molecule has 1 aliphatic carbocycles. The second-order valence-electron chi connectivity index (χ2n) is 4.47. The van der Waals surface area contributed by atoms with Crippen molar-refractivity contribution >= 4 is 16.0 Å². The molecule has 0 atom stereocenters. The molecule has 0 spiro atoms. The molecule has 1 saturated carbocycles. The molecule has 0 saturated heterocycles. The molecule has 0 heterocycles. The van der Waals surface area contributed by atoms with Gasteiger partial charge in [-0.15, -0.1) is 0 Å². The van der Waals surface area contributed by atoms with Crippen molar-refractivity contribution in [2.75, 3.05) is 5.23 Å². The first-order valence-electron chi connectivity index (χ1n) is 5.29. The van der Waals surface area contributed by atoms with Crippen LogP contribution in [0.1, 0.15) is 19.8 Å². The lowest BCUT2D eigenvalue weighted by Gasteiger charge is -2.21. The van der Waals surface area contributed by atoms with Crippen molar-refractivity contribution in [1.29, 1.82) is 0 Å². The van der Waals surface area contributed by atoms with Crippen molar-refractivity contribution in [3.05, 3.63) is 29.5 Å². The molecule has 0 amide bonds. The van der Waals surface area contributed by atoms with E-state index in [1.807, 2.05) is 0 Å². The highest BCUT2D eigenvalue weighted by Gasteiger charge is 2.41. The predicted molar refractivity (Wildman–Crippen MR) is 64.4 cm³/mol. The molecule has 7 nitrogen and oxygen atoms in total. The van der Waals surface area contributed by atoms with E-state index in [9.17, 15) is 13.6 Å². The molecule has 0 aromatic heterocycles. The minimum atomic E-state index is -3.87. The highest BCUT2D eigenvalue weighted by atomic mass is 32.2. The van der Waals surface area contributed by atoms with E-state index in [2.05, 4.69) is 4.72 Å². The average Bonchev–Trinajstić information content (AvgIpc) is 2.94. The Hall–Kier alpha value is -1.35. The van der Waals surface area contributed by atoms with E-state index in [1.165, 1.54) is 24.3 Å². The minimum Gasteiger partial charge on any atom is -0.733 e. The molecule has 0 radical (unpaired) electrons. The first-order valence-corrected chi connectivity index (χ1v) is 6.70.